The zero-order valence-corrected chi connectivity index (χ0v) is 10.1. The summed E-state index contributed by atoms with van der Waals surface area (Å²) in [5.74, 6) is 0.979. The van der Waals surface area contributed by atoms with E-state index in [2.05, 4.69) is 32.9 Å². The molecule has 1 unspecified atom stereocenters. The van der Waals surface area contributed by atoms with Gasteiger partial charge in [-0.3, -0.25) is 0 Å². The average Bonchev–Trinajstić information content (AvgIpc) is 2.23. The number of nitrogens with two attached hydrogens (primary N) is 1. The summed E-state index contributed by atoms with van der Waals surface area (Å²) in [5.41, 5.74) is 9.67. The summed E-state index contributed by atoms with van der Waals surface area (Å²) in [6, 6.07) is 4.28. The standard InChI is InChI=1S/C13H21NO/c1-5-11(14)12-9(3)7-8-10(4)13(12)15-6-2/h7-8,11H,5-6,14H2,1-4H3. The summed E-state index contributed by atoms with van der Waals surface area (Å²) < 4.78 is 5.69. The molecule has 2 nitrogen and oxygen atoms in total. The third-order valence-electron chi connectivity index (χ3n) is 2.71. The zero-order chi connectivity index (χ0) is 11.4. The van der Waals surface area contributed by atoms with Crippen molar-refractivity contribution in [3.63, 3.8) is 0 Å². The van der Waals surface area contributed by atoms with Gasteiger partial charge in [0.2, 0.25) is 0 Å². The summed E-state index contributed by atoms with van der Waals surface area (Å²) in [6.45, 7) is 8.95. The maximum atomic E-state index is 6.12. The fourth-order valence-corrected chi connectivity index (χ4v) is 1.81. The lowest BCUT2D eigenvalue weighted by molar-refractivity contribution is 0.331. The van der Waals surface area contributed by atoms with Crippen molar-refractivity contribution in [2.75, 3.05) is 6.61 Å². The van der Waals surface area contributed by atoms with Gasteiger partial charge in [0.25, 0.3) is 0 Å². The van der Waals surface area contributed by atoms with E-state index < -0.39 is 0 Å². The minimum atomic E-state index is 0.0754. The highest BCUT2D eigenvalue weighted by molar-refractivity contribution is 5.47. The maximum Gasteiger partial charge on any atom is 0.127 e. The molecule has 0 radical (unpaired) electrons. The molecule has 0 aromatic heterocycles. The molecule has 1 aromatic carbocycles. The minimum Gasteiger partial charge on any atom is -0.493 e. The molecule has 0 heterocycles. The van der Waals surface area contributed by atoms with Gasteiger partial charge in [0, 0.05) is 11.6 Å². The molecule has 0 saturated heterocycles. The van der Waals surface area contributed by atoms with Crippen molar-refractivity contribution in [3.05, 3.63) is 28.8 Å². The van der Waals surface area contributed by atoms with Gasteiger partial charge in [-0.05, 0) is 38.3 Å². The quantitative estimate of drug-likeness (QED) is 0.823. The van der Waals surface area contributed by atoms with Crippen molar-refractivity contribution in [2.24, 2.45) is 5.73 Å². The van der Waals surface area contributed by atoms with Crippen LogP contribution in [0.4, 0.5) is 0 Å². The van der Waals surface area contributed by atoms with Crippen LogP contribution < -0.4 is 10.5 Å². The van der Waals surface area contributed by atoms with E-state index in [1.807, 2.05) is 6.92 Å². The van der Waals surface area contributed by atoms with Gasteiger partial charge >= 0.3 is 0 Å². The first-order valence-corrected chi connectivity index (χ1v) is 5.60. The van der Waals surface area contributed by atoms with E-state index in [1.165, 1.54) is 16.7 Å². The monoisotopic (exact) mass is 207 g/mol. The van der Waals surface area contributed by atoms with Crippen LogP contribution in [0.2, 0.25) is 0 Å². The second-order valence-electron chi connectivity index (χ2n) is 3.89. The van der Waals surface area contributed by atoms with E-state index in [0.717, 1.165) is 12.2 Å². The van der Waals surface area contributed by atoms with Crippen LogP contribution in [0.1, 0.15) is 43.0 Å². The van der Waals surface area contributed by atoms with Crippen LogP contribution in [0, 0.1) is 13.8 Å². The molecule has 0 amide bonds. The molecule has 0 saturated carbocycles. The first kappa shape index (κ1) is 12.1. The first-order valence-electron chi connectivity index (χ1n) is 5.60. The van der Waals surface area contributed by atoms with Crippen molar-refractivity contribution in [3.8, 4) is 5.75 Å². The third-order valence-corrected chi connectivity index (χ3v) is 2.71. The van der Waals surface area contributed by atoms with Gasteiger partial charge in [-0.2, -0.15) is 0 Å². The van der Waals surface area contributed by atoms with Crippen LogP contribution >= 0.6 is 0 Å². The van der Waals surface area contributed by atoms with Crippen LogP contribution in [-0.2, 0) is 0 Å². The highest BCUT2D eigenvalue weighted by Crippen LogP contribution is 2.32. The lowest BCUT2D eigenvalue weighted by atomic mass is 9.96. The van der Waals surface area contributed by atoms with E-state index in [9.17, 15) is 0 Å². The number of hydrogen-bond acceptors (Lipinski definition) is 2. The van der Waals surface area contributed by atoms with Gasteiger partial charge < -0.3 is 10.5 Å². The second kappa shape index (κ2) is 5.17. The molecule has 1 rings (SSSR count). The number of hydrogen-bond donors (Lipinski definition) is 1. The Bertz CT molecular complexity index is 334. The van der Waals surface area contributed by atoms with Crippen LogP contribution in [0.5, 0.6) is 5.75 Å². The van der Waals surface area contributed by atoms with E-state index in [1.54, 1.807) is 0 Å². The Labute approximate surface area is 92.4 Å². The van der Waals surface area contributed by atoms with E-state index in [4.69, 9.17) is 10.5 Å². The Kier molecular flexibility index (Phi) is 4.15. The summed E-state index contributed by atoms with van der Waals surface area (Å²) in [5, 5.41) is 0. The predicted octanol–water partition coefficient (Wildman–Crippen LogP) is 3.11. The smallest absolute Gasteiger partial charge is 0.127 e. The number of aryl methyl sites for hydroxylation is 2. The number of benzene rings is 1. The van der Waals surface area contributed by atoms with Gasteiger partial charge in [-0.1, -0.05) is 19.1 Å². The Balaban J connectivity index is 3.24. The van der Waals surface area contributed by atoms with E-state index in [-0.39, 0.29) is 6.04 Å². The highest BCUT2D eigenvalue weighted by atomic mass is 16.5. The number of rotatable bonds is 4. The van der Waals surface area contributed by atoms with Gasteiger partial charge in [0.05, 0.1) is 6.61 Å². The lowest BCUT2D eigenvalue weighted by Crippen LogP contribution is -2.13. The first-order chi connectivity index (χ1) is 7.11. The predicted molar refractivity (Wildman–Crippen MR) is 64.3 cm³/mol. The van der Waals surface area contributed by atoms with Gasteiger partial charge in [-0.15, -0.1) is 0 Å². The van der Waals surface area contributed by atoms with Crippen molar-refractivity contribution in [2.45, 2.75) is 40.2 Å². The summed E-state index contributed by atoms with van der Waals surface area (Å²) in [7, 11) is 0. The molecular weight excluding hydrogens is 186 g/mol. The normalized spacial score (nSPS) is 12.6. The molecular formula is C13H21NO. The van der Waals surface area contributed by atoms with Crippen LogP contribution in [0.15, 0.2) is 12.1 Å². The van der Waals surface area contributed by atoms with Crippen LogP contribution in [-0.4, -0.2) is 6.61 Å². The fraction of sp³-hybridized carbons (Fsp3) is 0.538. The Morgan fingerprint density at radius 2 is 1.80 bits per heavy atom. The maximum absolute atomic E-state index is 6.12. The molecule has 0 aliphatic rings. The highest BCUT2D eigenvalue weighted by Gasteiger charge is 2.15. The molecule has 84 valence electrons. The largest absolute Gasteiger partial charge is 0.493 e. The van der Waals surface area contributed by atoms with Gasteiger partial charge in [0.15, 0.2) is 0 Å². The molecule has 1 atom stereocenters. The van der Waals surface area contributed by atoms with Crippen molar-refractivity contribution >= 4 is 0 Å². The van der Waals surface area contributed by atoms with E-state index >= 15 is 0 Å². The summed E-state index contributed by atoms with van der Waals surface area (Å²) in [4.78, 5) is 0. The van der Waals surface area contributed by atoms with Crippen LogP contribution in [0.3, 0.4) is 0 Å². The van der Waals surface area contributed by atoms with Crippen molar-refractivity contribution < 1.29 is 4.74 Å². The van der Waals surface area contributed by atoms with Crippen LogP contribution in [0.25, 0.3) is 0 Å². The molecule has 1 aromatic rings. The Morgan fingerprint density at radius 1 is 1.20 bits per heavy atom. The third kappa shape index (κ3) is 2.51. The molecule has 0 fully saturated rings. The molecule has 2 heteroatoms. The molecule has 0 spiro atoms. The number of ether oxygens (including phenoxy) is 1. The fourth-order valence-electron chi connectivity index (χ4n) is 1.81. The molecule has 0 aliphatic carbocycles. The van der Waals surface area contributed by atoms with E-state index in [0.29, 0.717) is 6.61 Å². The zero-order valence-electron chi connectivity index (χ0n) is 10.1. The average molecular weight is 207 g/mol. The topological polar surface area (TPSA) is 35.2 Å². The SMILES string of the molecule is CCOc1c(C)ccc(C)c1C(N)CC. The van der Waals surface area contributed by atoms with Crippen molar-refractivity contribution in [1.29, 1.82) is 0 Å². The van der Waals surface area contributed by atoms with Gasteiger partial charge in [0.1, 0.15) is 5.75 Å². The van der Waals surface area contributed by atoms with Gasteiger partial charge in [-0.25, -0.2) is 0 Å². The second-order valence-corrected chi connectivity index (χ2v) is 3.89. The lowest BCUT2D eigenvalue weighted by Gasteiger charge is -2.19. The Hall–Kier alpha value is -1.02. The molecule has 15 heavy (non-hydrogen) atoms. The molecule has 2 N–H and O–H groups in total. The Morgan fingerprint density at radius 3 is 2.33 bits per heavy atom. The van der Waals surface area contributed by atoms with Crippen molar-refractivity contribution in [1.82, 2.24) is 0 Å². The summed E-state index contributed by atoms with van der Waals surface area (Å²) in [6.07, 6.45) is 0.935. The molecule has 0 bridgehead atoms. The minimum absolute atomic E-state index is 0.0754. The summed E-state index contributed by atoms with van der Waals surface area (Å²) >= 11 is 0. The molecule has 0 aliphatic heterocycles.